The standard InChI is InChI=1S/C12H16O4/c1-9(13)8-10(2)15-12(14)16-11-6-4-3-5-7-11/h3-7,9-10,13H,8H2,1-2H3. The predicted molar refractivity (Wildman–Crippen MR) is 59.3 cm³/mol. The van der Waals surface area contributed by atoms with E-state index in [9.17, 15) is 4.79 Å². The Hall–Kier alpha value is -1.55. The summed E-state index contributed by atoms with van der Waals surface area (Å²) in [6.07, 6.45) is -1.22. The lowest BCUT2D eigenvalue weighted by Gasteiger charge is -2.14. The van der Waals surface area contributed by atoms with Crippen LogP contribution in [-0.2, 0) is 4.74 Å². The molecule has 0 saturated carbocycles. The molecular formula is C12H16O4. The van der Waals surface area contributed by atoms with Gasteiger partial charge in [-0.1, -0.05) is 18.2 Å². The highest BCUT2D eigenvalue weighted by atomic mass is 16.7. The zero-order valence-corrected chi connectivity index (χ0v) is 9.42. The SMILES string of the molecule is CC(O)CC(C)OC(=O)Oc1ccccc1. The van der Waals surface area contributed by atoms with Crippen LogP contribution in [0.1, 0.15) is 20.3 Å². The van der Waals surface area contributed by atoms with Gasteiger partial charge in [-0.25, -0.2) is 4.79 Å². The maximum atomic E-state index is 11.3. The quantitative estimate of drug-likeness (QED) is 0.630. The molecule has 16 heavy (non-hydrogen) atoms. The zero-order chi connectivity index (χ0) is 12.0. The van der Waals surface area contributed by atoms with Crippen molar-refractivity contribution < 1.29 is 19.4 Å². The van der Waals surface area contributed by atoms with Gasteiger partial charge < -0.3 is 14.6 Å². The van der Waals surface area contributed by atoms with Crippen LogP contribution in [0, 0.1) is 0 Å². The second-order valence-corrected chi connectivity index (χ2v) is 3.68. The highest BCUT2D eigenvalue weighted by molar-refractivity contribution is 5.63. The minimum atomic E-state index is -0.751. The van der Waals surface area contributed by atoms with E-state index in [1.165, 1.54) is 0 Å². The molecule has 1 rings (SSSR count). The summed E-state index contributed by atoms with van der Waals surface area (Å²) in [5.74, 6) is 0.441. The molecule has 2 unspecified atom stereocenters. The van der Waals surface area contributed by atoms with E-state index in [1.807, 2.05) is 6.07 Å². The Morgan fingerprint density at radius 2 is 1.94 bits per heavy atom. The Labute approximate surface area is 94.8 Å². The van der Waals surface area contributed by atoms with Gasteiger partial charge in [0.1, 0.15) is 11.9 Å². The van der Waals surface area contributed by atoms with E-state index in [1.54, 1.807) is 38.1 Å². The number of carbonyl (C=O) groups is 1. The van der Waals surface area contributed by atoms with Crippen LogP contribution in [0.3, 0.4) is 0 Å². The Kier molecular flexibility index (Phi) is 4.79. The molecule has 1 aromatic carbocycles. The molecule has 0 aliphatic carbocycles. The number of aliphatic hydroxyl groups excluding tert-OH is 1. The summed E-state index contributed by atoms with van der Waals surface area (Å²) < 4.78 is 9.87. The molecule has 0 fully saturated rings. The van der Waals surface area contributed by atoms with Crippen LogP contribution < -0.4 is 4.74 Å². The van der Waals surface area contributed by atoms with Crippen LogP contribution in [0.15, 0.2) is 30.3 Å². The van der Waals surface area contributed by atoms with Gasteiger partial charge in [0, 0.05) is 6.42 Å². The van der Waals surface area contributed by atoms with Gasteiger partial charge in [0.15, 0.2) is 0 Å². The summed E-state index contributed by atoms with van der Waals surface area (Å²) in [5, 5.41) is 9.09. The molecule has 1 aromatic rings. The average Bonchev–Trinajstić information content (AvgIpc) is 2.17. The number of rotatable bonds is 4. The Morgan fingerprint density at radius 3 is 2.50 bits per heavy atom. The predicted octanol–water partition coefficient (Wildman–Crippen LogP) is 2.36. The molecule has 4 nitrogen and oxygen atoms in total. The topological polar surface area (TPSA) is 55.8 Å². The molecule has 0 aliphatic heterocycles. The maximum Gasteiger partial charge on any atom is 0.514 e. The summed E-state index contributed by atoms with van der Waals surface area (Å²) in [5.41, 5.74) is 0. The minimum absolute atomic E-state index is 0.365. The van der Waals surface area contributed by atoms with E-state index >= 15 is 0 Å². The van der Waals surface area contributed by atoms with Crippen molar-refractivity contribution in [3.05, 3.63) is 30.3 Å². The maximum absolute atomic E-state index is 11.3. The van der Waals surface area contributed by atoms with Crippen molar-refractivity contribution in [3.63, 3.8) is 0 Å². The van der Waals surface area contributed by atoms with Gasteiger partial charge in [-0.05, 0) is 26.0 Å². The molecule has 0 aliphatic rings. The molecule has 0 heterocycles. The molecule has 2 atom stereocenters. The molecule has 0 radical (unpaired) electrons. The van der Waals surface area contributed by atoms with Gasteiger partial charge in [0.05, 0.1) is 6.10 Å². The van der Waals surface area contributed by atoms with Gasteiger partial charge in [-0.2, -0.15) is 0 Å². The Bertz CT molecular complexity index is 321. The number of ether oxygens (including phenoxy) is 2. The first-order valence-corrected chi connectivity index (χ1v) is 5.19. The number of para-hydroxylation sites is 1. The number of benzene rings is 1. The second kappa shape index (κ2) is 6.12. The molecular weight excluding hydrogens is 208 g/mol. The first-order chi connectivity index (χ1) is 7.58. The molecule has 0 bridgehead atoms. The van der Waals surface area contributed by atoms with Crippen molar-refractivity contribution in [2.24, 2.45) is 0 Å². The van der Waals surface area contributed by atoms with Gasteiger partial charge in [0.2, 0.25) is 0 Å². The van der Waals surface area contributed by atoms with Crippen LogP contribution in [0.2, 0.25) is 0 Å². The summed E-state index contributed by atoms with van der Waals surface area (Å²) in [6, 6.07) is 8.69. The number of hydrogen-bond acceptors (Lipinski definition) is 4. The lowest BCUT2D eigenvalue weighted by atomic mass is 10.2. The van der Waals surface area contributed by atoms with Crippen molar-refractivity contribution in [3.8, 4) is 5.75 Å². The van der Waals surface area contributed by atoms with Crippen molar-refractivity contribution in [1.29, 1.82) is 0 Å². The summed E-state index contributed by atoms with van der Waals surface area (Å²) in [6.45, 7) is 3.35. The summed E-state index contributed by atoms with van der Waals surface area (Å²) in [7, 11) is 0. The number of aliphatic hydroxyl groups is 1. The van der Waals surface area contributed by atoms with E-state index in [0.29, 0.717) is 12.2 Å². The van der Waals surface area contributed by atoms with Gasteiger partial charge >= 0.3 is 6.16 Å². The molecule has 0 spiro atoms. The summed E-state index contributed by atoms with van der Waals surface area (Å²) >= 11 is 0. The fraction of sp³-hybridized carbons (Fsp3) is 0.417. The molecule has 88 valence electrons. The minimum Gasteiger partial charge on any atom is -0.431 e. The first kappa shape index (κ1) is 12.5. The molecule has 0 saturated heterocycles. The largest absolute Gasteiger partial charge is 0.514 e. The molecule has 4 heteroatoms. The van der Waals surface area contributed by atoms with Crippen molar-refractivity contribution >= 4 is 6.16 Å². The van der Waals surface area contributed by atoms with E-state index in [-0.39, 0.29) is 6.10 Å². The third-order valence-electron chi connectivity index (χ3n) is 1.91. The normalized spacial score (nSPS) is 13.9. The average molecular weight is 224 g/mol. The van der Waals surface area contributed by atoms with E-state index in [2.05, 4.69) is 0 Å². The number of hydrogen-bond donors (Lipinski definition) is 1. The Morgan fingerprint density at radius 1 is 1.31 bits per heavy atom. The third kappa shape index (κ3) is 4.79. The fourth-order valence-electron chi connectivity index (χ4n) is 1.30. The van der Waals surface area contributed by atoms with E-state index in [0.717, 1.165) is 0 Å². The van der Waals surface area contributed by atoms with Crippen LogP contribution in [-0.4, -0.2) is 23.5 Å². The second-order valence-electron chi connectivity index (χ2n) is 3.68. The molecule has 0 amide bonds. The first-order valence-electron chi connectivity index (χ1n) is 5.19. The summed E-state index contributed by atoms with van der Waals surface area (Å²) in [4.78, 5) is 11.3. The lowest BCUT2D eigenvalue weighted by molar-refractivity contribution is 0.0411. The van der Waals surface area contributed by atoms with Crippen LogP contribution in [0.4, 0.5) is 4.79 Å². The lowest BCUT2D eigenvalue weighted by Crippen LogP contribution is -2.21. The third-order valence-corrected chi connectivity index (χ3v) is 1.91. The Balaban J connectivity index is 2.36. The molecule has 0 aromatic heterocycles. The van der Waals surface area contributed by atoms with Crippen LogP contribution >= 0.6 is 0 Å². The molecule has 1 N–H and O–H groups in total. The van der Waals surface area contributed by atoms with Crippen molar-refractivity contribution in [2.45, 2.75) is 32.5 Å². The zero-order valence-electron chi connectivity index (χ0n) is 9.42. The van der Waals surface area contributed by atoms with Crippen molar-refractivity contribution in [2.75, 3.05) is 0 Å². The van der Waals surface area contributed by atoms with Gasteiger partial charge in [-0.15, -0.1) is 0 Å². The van der Waals surface area contributed by atoms with Gasteiger partial charge in [-0.3, -0.25) is 0 Å². The van der Waals surface area contributed by atoms with E-state index in [4.69, 9.17) is 14.6 Å². The highest BCUT2D eigenvalue weighted by Gasteiger charge is 2.13. The smallest absolute Gasteiger partial charge is 0.431 e. The monoisotopic (exact) mass is 224 g/mol. The highest BCUT2D eigenvalue weighted by Crippen LogP contribution is 2.10. The van der Waals surface area contributed by atoms with Gasteiger partial charge in [0.25, 0.3) is 0 Å². The van der Waals surface area contributed by atoms with Crippen LogP contribution in [0.25, 0.3) is 0 Å². The van der Waals surface area contributed by atoms with Crippen LogP contribution in [0.5, 0.6) is 5.75 Å². The fourth-order valence-corrected chi connectivity index (χ4v) is 1.30. The van der Waals surface area contributed by atoms with E-state index < -0.39 is 12.3 Å². The number of carbonyl (C=O) groups excluding carboxylic acids is 1. The van der Waals surface area contributed by atoms with Crippen molar-refractivity contribution in [1.82, 2.24) is 0 Å².